The van der Waals surface area contributed by atoms with Crippen LogP contribution in [0.1, 0.15) is 0 Å². The van der Waals surface area contributed by atoms with Crippen molar-refractivity contribution >= 4 is 59.3 Å². The zero-order valence-corrected chi connectivity index (χ0v) is 27.1. The van der Waals surface area contributed by atoms with E-state index in [-0.39, 0.29) is 0 Å². The van der Waals surface area contributed by atoms with E-state index in [1.165, 1.54) is 70.0 Å². The lowest BCUT2D eigenvalue weighted by atomic mass is 9.97. The van der Waals surface area contributed by atoms with Gasteiger partial charge in [0.1, 0.15) is 0 Å². The molecule has 0 spiro atoms. The smallest absolute Gasteiger partial charge is 0.0555 e. The molecule has 1 aromatic heterocycles. The van der Waals surface area contributed by atoms with Gasteiger partial charge in [-0.3, -0.25) is 0 Å². The van der Waals surface area contributed by atoms with Crippen LogP contribution in [0.4, 0.5) is 17.1 Å². The summed E-state index contributed by atoms with van der Waals surface area (Å²) in [6.45, 7) is 0. The van der Waals surface area contributed by atoms with Gasteiger partial charge in [0.05, 0.1) is 11.4 Å². The minimum absolute atomic E-state index is 1.12. The Labute approximate surface area is 284 Å². The maximum absolute atomic E-state index is 2.46. The molecule has 48 heavy (non-hydrogen) atoms. The molecule has 0 saturated carbocycles. The lowest BCUT2D eigenvalue weighted by molar-refractivity contribution is 1.30. The van der Waals surface area contributed by atoms with Crippen LogP contribution in [0.15, 0.2) is 188 Å². The van der Waals surface area contributed by atoms with Crippen molar-refractivity contribution in [3.05, 3.63) is 188 Å². The fraction of sp³-hybridized carbons (Fsp3) is 0. The number of nitrogens with zero attached hydrogens (tertiary/aromatic N) is 1. The Bertz CT molecular complexity index is 2560. The molecule has 0 amide bonds. The van der Waals surface area contributed by atoms with Crippen LogP contribution in [-0.4, -0.2) is 0 Å². The summed E-state index contributed by atoms with van der Waals surface area (Å²) in [5.74, 6) is 0. The van der Waals surface area contributed by atoms with Gasteiger partial charge in [0.25, 0.3) is 0 Å². The van der Waals surface area contributed by atoms with Crippen LogP contribution in [-0.2, 0) is 0 Å². The number of rotatable bonds is 6. The molecule has 9 rings (SSSR count). The molecule has 0 aliphatic carbocycles. The van der Waals surface area contributed by atoms with Crippen LogP contribution >= 0.6 is 11.3 Å². The molecule has 0 aliphatic rings. The Morgan fingerprint density at radius 1 is 0.354 bits per heavy atom. The van der Waals surface area contributed by atoms with Gasteiger partial charge in [0, 0.05) is 31.4 Å². The van der Waals surface area contributed by atoms with E-state index in [9.17, 15) is 0 Å². The monoisotopic (exact) mass is 629 g/mol. The molecule has 1 heterocycles. The Kier molecular flexibility index (Phi) is 7.07. The molecule has 0 atom stereocenters. The topological polar surface area (TPSA) is 3.24 Å². The van der Waals surface area contributed by atoms with Crippen molar-refractivity contribution in [3.63, 3.8) is 0 Å². The molecule has 1 nitrogen and oxygen atoms in total. The lowest BCUT2D eigenvalue weighted by Gasteiger charge is -2.29. The van der Waals surface area contributed by atoms with E-state index in [1.54, 1.807) is 0 Å². The second-order valence-electron chi connectivity index (χ2n) is 12.2. The Balaban J connectivity index is 1.25. The Morgan fingerprint density at radius 3 is 1.85 bits per heavy atom. The van der Waals surface area contributed by atoms with Crippen molar-refractivity contribution in [2.75, 3.05) is 4.90 Å². The van der Waals surface area contributed by atoms with Crippen LogP contribution in [0.2, 0.25) is 0 Å². The summed E-state index contributed by atoms with van der Waals surface area (Å²) >= 11 is 1.86. The van der Waals surface area contributed by atoms with Gasteiger partial charge in [0.15, 0.2) is 0 Å². The van der Waals surface area contributed by atoms with Gasteiger partial charge in [-0.05, 0) is 81.1 Å². The first-order valence-corrected chi connectivity index (χ1v) is 17.2. The number of hydrogen-bond acceptors (Lipinski definition) is 2. The van der Waals surface area contributed by atoms with E-state index in [1.807, 2.05) is 11.3 Å². The highest BCUT2D eigenvalue weighted by molar-refractivity contribution is 7.26. The van der Waals surface area contributed by atoms with Crippen molar-refractivity contribution in [3.8, 4) is 33.4 Å². The molecule has 226 valence electrons. The van der Waals surface area contributed by atoms with E-state index in [0.717, 1.165) is 11.4 Å². The van der Waals surface area contributed by atoms with Crippen LogP contribution in [0.3, 0.4) is 0 Å². The maximum Gasteiger partial charge on any atom is 0.0555 e. The van der Waals surface area contributed by atoms with Crippen molar-refractivity contribution in [1.82, 2.24) is 0 Å². The largest absolute Gasteiger partial charge is 0.309 e. The van der Waals surface area contributed by atoms with Crippen molar-refractivity contribution in [1.29, 1.82) is 0 Å². The third-order valence-corrected chi connectivity index (χ3v) is 10.4. The molecule has 0 N–H and O–H groups in total. The zero-order valence-electron chi connectivity index (χ0n) is 26.3. The summed E-state index contributed by atoms with van der Waals surface area (Å²) in [6.07, 6.45) is 0. The van der Waals surface area contributed by atoms with Gasteiger partial charge in [-0.1, -0.05) is 146 Å². The highest BCUT2D eigenvalue weighted by atomic mass is 32.1. The van der Waals surface area contributed by atoms with Crippen molar-refractivity contribution < 1.29 is 0 Å². The summed E-state index contributed by atoms with van der Waals surface area (Å²) in [4.78, 5) is 2.46. The number of anilines is 3. The van der Waals surface area contributed by atoms with Crippen LogP contribution in [0.5, 0.6) is 0 Å². The average molecular weight is 630 g/mol. The van der Waals surface area contributed by atoms with Crippen LogP contribution < -0.4 is 4.90 Å². The fourth-order valence-corrected chi connectivity index (χ4v) is 8.06. The predicted molar refractivity (Wildman–Crippen MR) is 208 cm³/mol. The lowest BCUT2D eigenvalue weighted by Crippen LogP contribution is -2.11. The van der Waals surface area contributed by atoms with E-state index >= 15 is 0 Å². The minimum Gasteiger partial charge on any atom is -0.309 e. The normalized spacial score (nSPS) is 11.3. The van der Waals surface area contributed by atoms with E-state index in [0.29, 0.717) is 0 Å². The molecule has 0 bridgehead atoms. The molecule has 0 unspecified atom stereocenters. The van der Waals surface area contributed by atoms with Gasteiger partial charge in [-0.2, -0.15) is 0 Å². The summed E-state index contributed by atoms with van der Waals surface area (Å²) in [7, 11) is 0. The van der Waals surface area contributed by atoms with E-state index in [4.69, 9.17) is 0 Å². The van der Waals surface area contributed by atoms with Crippen LogP contribution in [0, 0.1) is 0 Å². The number of benzene rings is 8. The third kappa shape index (κ3) is 5.04. The van der Waals surface area contributed by atoms with Crippen molar-refractivity contribution in [2.24, 2.45) is 0 Å². The first-order valence-electron chi connectivity index (χ1n) is 16.3. The SMILES string of the molecule is c1ccc(-c2ccc(-c3ccccc3N(c3cccc(-c4ccc5ccccc5c4)c3)c3cccc4sc5ccccc5c34)cc2)cc1. The molecule has 0 aliphatic heterocycles. The summed E-state index contributed by atoms with van der Waals surface area (Å²) in [5.41, 5.74) is 10.6. The number of fused-ring (bicyclic) bond motifs is 4. The second-order valence-corrected chi connectivity index (χ2v) is 13.2. The minimum atomic E-state index is 1.12. The van der Waals surface area contributed by atoms with Crippen molar-refractivity contribution in [2.45, 2.75) is 0 Å². The van der Waals surface area contributed by atoms with E-state index < -0.39 is 0 Å². The molecular weight excluding hydrogens is 599 g/mol. The molecule has 0 saturated heterocycles. The highest BCUT2D eigenvalue weighted by Gasteiger charge is 2.21. The van der Waals surface area contributed by atoms with Crippen LogP contribution in [0.25, 0.3) is 64.3 Å². The molecule has 2 heteroatoms. The fourth-order valence-electron chi connectivity index (χ4n) is 6.93. The first-order chi connectivity index (χ1) is 23.8. The first kappa shape index (κ1) is 28.3. The van der Waals surface area contributed by atoms with Gasteiger partial charge in [-0.15, -0.1) is 11.3 Å². The average Bonchev–Trinajstić information content (AvgIpc) is 3.55. The molecule has 9 aromatic rings. The second kappa shape index (κ2) is 12.0. The molecule has 0 fully saturated rings. The van der Waals surface area contributed by atoms with Gasteiger partial charge < -0.3 is 4.90 Å². The standard InChI is InChI=1S/C46H31NS/c1-2-12-32(13-3-1)34-24-27-35(28-25-34)40-18-6-8-20-42(40)47(43-21-11-23-45-46(43)41-19-7-9-22-44(41)48-45)39-17-10-16-37(31-39)38-29-26-33-14-4-5-15-36(33)30-38/h1-31H. The number of para-hydroxylation sites is 1. The van der Waals surface area contributed by atoms with Gasteiger partial charge in [-0.25, -0.2) is 0 Å². The third-order valence-electron chi connectivity index (χ3n) is 9.26. The number of hydrogen-bond donors (Lipinski definition) is 0. The zero-order chi connectivity index (χ0) is 31.9. The van der Waals surface area contributed by atoms with Gasteiger partial charge >= 0.3 is 0 Å². The highest BCUT2D eigenvalue weighted by Crippen LogP contribution is 2.47. The Morgan fingerprint density at radius 2 is 0.958 bits per heavy atom. The molecular formula is C46H31NS. The van der Waals surface area contributed by atoms with E-state index in [2.05, 4.69) is 193 Å². The molecule has 8 aromatic carbocycles. The number of thiophene rings is 1. The predicted octanol–water partition coefficient (Wildman–Crippen LogP) is 13.7. The summed E-state index contributed by atoms with van der Waals surface area (Å²) in [5, 5.41) is 5.07. The quantitative estimate of drug-likeness (QED) is 0.177. The summed E-state index contributed by atoms with van der Waals surface area (Å²) in [6, 6.07) is 68.2. The molecule has 0 radical (unpaired) electrons. The summed E-state index contributed by atoms with van der Waals surface area (Å²) < 4.78 is 2.59. The van der Waals surface area contributed by atoms with Gasteiger partial charge in [0.2, 0.25) is 0 Å². The Hall–Kier alpha value is -5.96. The maximum atomic E-state index is 2.46.